The van der Waals surface area contributed by atoms with Gasteiger partial charge in [-0.15, -0.1) is 0 Å². The highest BCUT2D eigenvalue weighted by atomic mass is 16.5. The Balaban J connectivity index is 1.99. The van der Waals surface area contributed by atoms with Gasteiger partial charge in [-0.1, -0.05) is 30.6 Å². The van der Waals surface area contributed by atoms with Crippen molar-refractivity contribution in [3.8, 4) is 5.75 Å². The SMILES string of the molecule is CCCCOC(=O)C1=C(C)Nc2nnnn2[C@@H]1c1ccc(OC)cc1. The number of rotatable bonds is 6. The summed E-state index contributed by atoms with van der Waals surface area (Å²) in [6.07, 6.45) is 1.79. The van der Waals surface area contributed by atoms with Crippen molar-refractivity contribution in [3.05, 3.63) is 41.1 Å². The quantitative estimate of drug-likeness (QED) is 0.635. The third kappa shape index (κ3) is 3.33. The summed E-state index contributed by atoms with van der Waals surface area (Å²) < 4.78 is 12.2. The maximum Gasteiger partial charge on any atom is 0.338 e. The summed E-state index contributed by atoms with van der Waals surface area (Å²) >= 11 is 0. The van der Waals surface area contributed by atoms with Gasteiger partial charge < -0.3 is 14.8 Å². The molecule has 0 aliphatic carbocycles. The summed E-state index contributed by atoms with van der Waals surface area (Å²) in [7, 11) is 1.61. The number of unbranched alkanes of at least 4 members (excludes halogenated alkanes) is 1. The lowest BCUT2D eigenvalue weighted by atomic mass is 9.96. The first-order valence-electron chi connectivity index (χ1n) is 8.22. The van der Waals surface area contributed by atoms with Crippen molar-refractivity contribution in [1.82, 2.24) is 20.2 Å². The molecule has 0 fully saturated rings. The Hall–Kier alpha value is -2.90. The topological polar surface area (TPSA) is 91.2 Å². The number of esters is 1. The number of benzene rings is 1. The van der Waals surface area contributed by atoms with E-state index in [4.69, 9.17) is 9.47 Å². The molecule has 1 aliphatic rings. The van der Waals surface area contributed by atoms with Crippen LogP contribution in [0.15, 0.2) is 35.5 Å². The van der Waals surface area contributed by atoms with Crippen molar-refractivity contribution < 1.29 is 14.3 Å². The summed E-state index contributed by atoms with van der Waals surface area (Å²) in [4.78, 5) is 12.7. The Bertz CT molecular complexity index is 782. The predicted molar refractivity (Wildman–Crippen MR) is 91.1 cm³/mol. The van der Waals surface area contributed by atoms with E-state index >= 15 is 0 Å². The smallest absolute Gasteiger partial charge is 0.338 e. The van der Waals surface area contributed by atoms with E-state index in [0.717, 1.165) is 24.2 Å². The fraction of sp³-hybridized carbons (Fsp3) is 0.412. The Morgan fingerprint density at radius 2 is 2.08 bits per heavy atom. The molecule has 0 spiro atoms. The third-order valence-corrected chi connectivity index (χ3v) is 4.10. The molecule has 132 valence electrons. The number of tetrazole rings is 1. The molecule has 3 rings (SSSR count). The van der Waals surface area contributed by atoms with Crippen molar-refractivity contribution in [2.75, 3.05) is 19.0 Å². The molecule has 8 nitrogen and oxygen atoms in total. The lowest BCUT2D eigenvalue weighted by molar-refractivity contribution is -0.139. The van der Waals surface area contributed by atoms with Crippen LogP contribution in [0.4, 0.5) is 5.95 Å². The van der Waals surface area contributed by atoms with E-state index in [1.54, 1.807) is 11.8 Å². The van der Waals surface area contributed by atoms with Crippen molar-refractivity contribution in [1.29, 1.82) is 0 Å². The van der Waals surface area contributed by atoms with Gasteiger partial charge >= 0.3 is 5.97 Å². The van der Waals surface area contributed by atoms with Gasteiger partial charge in [0.25, 0.3) is 0 Å². The third-order valence-electron chi connectivity index (χ3n) is 4.10. The average Bonchev–Trinajstić information content (AvgIpc) is 3.08. The van der Waals surface area contributed by atoms with Gasteiger partial charge in [0.2, 0.25) is 5.95 Å². The van der Waals surface area contributed by atoms with E-state index in [-0.39, 0.29) is 5.97 Å². The molecule has 1 atom stereocenters. The predicted octanol–water partition coefficient (Wildman–Crippen LogP) is 2.31. The minimum Gasteiger partial charge on any atom is -0.497 e. The number of carbonyl (C=O) groups excluding carboxylic acids is 1. The number of nitrogens with one attached hydrogen (secondary N) is 1. The van der Waals surface area contributed by atoms with Crippen LogP contribution in [-0.4, -0.2) is 39.9 Å². The van der Waals surface area contributed by atoms with Gasteiger partial charge in [-0.25, -0.2) is 4.79 Å². The monoisotopic (exact) mass is 343 g/mol. The van der Waals surface area contributed by atoms with E-state index < -0.39 is 6.04 Å². The molecule has 1 aliphatic heterocycles. The number of carbonyl (C=O) groups is 1. The molecule has 0 saturated heterocycles. The van der Waals surface area contributed by atoms with Gasteiger partial charge in [-0.2, -0.15) is 4.68 Å². The number of ether oxygens (including phenoxy) is 2. The number of allylic oxidation sites excluding steroid dienone is 1. The van der Waals surface area contributed by atoms with Crippen LogP contribution in [-0.2, 0) is 9.53 Å². The van der Waals surface area contributed by atoms with Crippen molar-refractivity contribution in [2.45, 2.75) is 32.7 Å². The molecule has 1 N–H and O–H groups in total. The van der Waals surface area contributed by atoms with E-state index in [9.17, 15) is 4.79 Å². The van der Waals surface area contributed by atoms with Crippen LogP contribution in [0.1, 0.15) is 38.3 Å². The second kappa shape index (κ2) is 7.33. The van der Waals surface area contributed by atoms with Crippen LogP contribution >= 0.6 is 0 Å². The molecule has 1 aromatic heterocycles. The van der Waals surface area contributed by atoms with E-state index in [1.165, 1.54) is 0 Å². The highest BCUT2D eigenvalue weighted by molar-refractivity contribution is 5.92. The molecular weight excluding hydrogens is 322 g/mol. The number of hydrogen-bond donors (Lipinski definition) is 1. The maximum atomic E-state index is 12.7. The summed E-state index contributed by atoms with van der Waals surface area (Å²) in [5.41, 5.74) is 2.06. The van der Waals surface area contributed by atoms with Crippen LogP contribution in [0.5, 0.6) is 5.75 Å². The van der Waals surface area contributed by atoms with Gasteiger partial charge in [-0.05, 0) is 41.5 Å². The fourth-order valence-corrected chi connectivity index (χ4v) is 2.76. The van der Waals surface area contributed by atoms with Gasteiger partial charge in [0.1, 0.15) is 11.8 Å². The van der Waals surface area contributed by atoms with Crippen LogP contribution < -0.4 is 10.1 Å². The minimum atomic E-state index is -0.453. The van der Waals surface area contributed by atoms with Crippen molar-refractivity contribution >= 4 is 11.9 Å². The summed E-state index contributed by atoms with van der Waals surface area (Å²) in [5.74, 6) is 0.867. The Morgan fingerprint density at radius 3 is 2.76 bits per heavy atom. The average molecular weight is 343 g/mol. The zero-order chi connectivity index (χ0) is 17.8. The first kappa shape index (κ1) is 16.9. The molecule has 0 bridgehead atoms. The lowest BCUT2D eigenvalue weighted by Gasteiger charge is -2.27. The molecule has 25 heavy (non-hydrogen) atoms. The van der Waals surface area contributed by atoms with E-state index in [0.29, 0.717) is 23.8 Å². The summed E-state index contributed by atoms with van der Waals surface area (Å²) in [5, 5.41) is 14.8. The Morgan fingerprint density at radius 1 is 1.32 bits per heavy atom. The minimum absolute atomic E-state index is 0.361. The van der Waals surface area contributed by atoms with Crippen LogP contribution in [0.3, 0.4) is 0 Å². The van der Waals surface area contributed by atoms with Crippen LogP contribution in [0.2, 0.25) is 0 Å². The van der Waals surface area contributed by atoms with Crippen molar-refractivity contribution in [2.24, 2.45) is 0 Å². The number of anilines is 1. The molecular formula is C17H21N5O3. The number of nitrogens with zero attached hydrogens (tertiary/aromatic N) is 4. The van der Waals surface area contributed by atoms with Crippen molar-refractivity contribution in [3.63, 3.8) is 0 Å². The second-order valence-corrected chi connectivity index (χ2v) is 5.78. The highest BCUT2D eigenvalue weighted by Gasteiger charge is 2.34. The Kier molecular flexibility index (Phi) is 4.97. The van der Waals surface area contributed by atoms with Crippen LogP contribution in [0, 0.1) is 0 Å². The van der Waals surface area contributed by atoms with Gasteiger partial charge in [0, 0.05) is 5.70 Å². The van der Waals surface area contributed by atoms with Gasteiger partial charge in [-0.3, -0.25) is 0 Å². The number of hydrogen-bond acceptors (Lipinski definition) is 7. The molecule has 2 heterocycles. The zero-order valence-electron chi connectivity index (χ0n) is 14.5. The molecule has 0 saturated carbocycles. The van der Waals surface area contributed by atoms with E-state index in [2.05, 4.69) is 20.8 Å². The summed E-state index contributed by atoms with van der Waals surface area (Å²) in [6, 6.07) is 7.03. The van der Waals surface area contributed by atoms with Crippen LogP contribution in [0.25, 0.3) is 0 Å². The first-order valence-corrected chi connectivity index (χ1v) is 8.22. The highest BCUT2D eigenvalue weighted by Crippen LogP contribution is 2.35. The Labute approximate surface area is 145 Å². The maximum absolute atomic E-state index is 12.7. The summed E-state index contributed by atoms with van der Waals surface area (Å²) in [6.45, 7) is 4.27. The van der Waals surface area contributed by atoms with E-state index in [1.807, 2.05) is 38.1 Å². The number of methoxy groups -OCH3 is 1. The number of aromatic nitrogens is 4. The normalized spacial score (nSPS) is 16.2. The van der Waals surface area contributed by atoms with Gasteiger partial charge in [0.05, 0.1) is 19.3 Å². The largest absolute Gasteiger partial charge is 0.497 e. The van der Waals surface area contributed by atoms with Gasteiger partial charge in [0.15, 0.2) is 0 Å². The zero-order valence-corrected chi connectivity index (χ0v) is 14.5. The molecule has 2 aromatic rings. The lowest BCUT2D eigenvalue weighted by Crippen LogP contribution is -2.29. The standard InChI is InChI=1S/C17H21N5O3/c1-4-5-10-25-16(23)14-11(2)18-17-19-20-21-22(17)15(14)12-6-8-13(24-3)9-7-12/h6-9,15H,4-5,10H2,1-3H3,(H,18,19,21)/t15-/m1/s1. The molecule has 0 unspecified atom stereocenters. The number of fused-ring (bicyclic) bond motifs is 1. The first-order chi connectivity index (χ1) is 12.2. The molecule has 8 heteroatoms. The molecule has 1 aromatic carbocycles. The fourth-order valence-electron chi connectivity index (χ4n) is 2.76. The molecule has 0 amide bonds. The second-order valence-electron chi connectivity index (χ2n) is 5.78. The molecule has 0 radical (unpaired) electrons.